The third-order valence-corrected chi connectivity index (χ3v) is 5.14. The molecule has 4 nitrogen and oxygen atoms in total. The number of carbonyl (C=O) groups is 1. The van der Waals surface area contributed by atoms with Gasteiger partial charge in [0.25, 0.3) is 5.91 Å². The molecule has 0 spiro atoms. The van der Waals surface area contributed by atoms with Gasteiger partial charge < -0.3 is 15.6 Å². The van der Waals surface area contributed by atoms with Crippen LogP contribution in [0.15, 0.2) is 12.3 Å². The highest BCUT2D eigenvalue weighted by atomic mass is 16.1. The number of nitrogen functional groups attached to an aromatic ring is 1. The van der Waals surface area contributed by atoms with Crippen LogP contribution in [0.2, 0.25) is 0 Å². The predicted molar refractivity (Wildman–Crippen MR) is 85.2 cm³/mol. The molecule has 0 aliphatic heterocycles. The molecule has 4 heteroatoms. The van der Waals surface area contributed by atoms with Crippen molar-refractivity contribution >= 4 is 11.6 Å². The molecule has 0 radical (unpaired) electrons. The number of carbonyl (C=O) groups excluding carboxylic acids is 1. The van der Waals surface area contributed by atoms with E-state index in [1.165, 1.54) is 32.1 Å². The Morgan fingerprint density at radius 3 is 2.52 bits per heavy atom. The fourth-order valence-electron chi connectivity index (χ4n) is 3.51. The molecule has 0 unspecified atom stereocenters. The Morgan fingerprint density at radius 2 is 1.90 bits per heavy atom. The molecule has 116 valence electrons. The van der Waals surface area contributed by atoms with Gasteiger partial charge in [0.15, 0.2) is 0 Å². The Bertz CT molecular complexity index is 496. The zero-order chi connectivity index (χ0) is 14.8. The highest BCUT2D eigenvalue weighted by molar-refractivity contribution is 5.93. The number of amides is 1. The standard InChI is InChI=1S/C17H27N3O/c1-2-12-3-5-13(6-4-12)10-19-17(21)16-9-14(18)11-20(16)15-7-8-15/h9,11-13,15H,2-8,10,18H2,1H3,(H,19,21). The van der Waals surface area contributed by atoms with E-state index in [2.05, 4.69) is 16.8 Å². The average molecular weight is 289 g/mol. The van der Waals surface area contributed by atoms with Crippen molar-refractivity contribution in [3.63, 3.8) is 0 Å². The number of hydrogen-bond donors (Lipinski definition) is 2. The van der Waals surface area contributed by atoms with Gasteiger partial charge in [-0.05, 0) is 43.6 Å². The Labute approximate surface area is 127 Å². The number of nitrogens with zero attached hydrogens (tertiary/aromatic N) is 1. The summed E-state index contributed by atoms with van der Waals surface area (Å²) in [5, 5.41) is 3.12. The fourth-order valence-corrected chi connectivity index (χ4v) is 3.51. The minimum atomic E-state index is 0.0382. The molecule has 0 aromatic carbocycles. The maximum Gasteiger partial charge on any atom is 0.268 e. The van der Waals surface area contributed by atoms with Crippen LogP contribution in [-0.2, 0) is 0 Å². The van der Waals surface area contributed by atoms with E-state index in [-0.39, 0.29) is 5.91 Å². The molecule has 0 saturated heterocycles. The fraction of sp³-hybridized carbons (Fsp3) is 0.706. The van der Waals surface area contributed by atoms with Crippen molar-refractivity contribution in [2.45, 2.75) is 57.9 Å². The van der Waals surface area contributed by atoms with Crippen LogP contribution < -0.4 is 11.1 Å². The molecule has 0 atom stereocenters. The van der Waals surface area contributed by atoms with Crippen LogP contribution >= 0.6 is 0 Å². The van der Waals surface area contributed by atoms with E-state index in [0.29, 0.717) is 17.6 Å². The molecule has 2 aliphatic rings. The molecule has 21 heavy (non-hydrogen) atoms. The summed E-state index contributed by atoms with van der Waals surface area (Å²) in [7, 11) is 0. The van der Waals surface area contributed by atoms with Gasteiger partial charge >= 0.3 is 0 Å². The van der Waals surface area contributed by atoms with Gasteiger partial charge in [0.05, 0.1) is 5.69 Å². The Balaban J connectivity index is 1.53. The molecule has 3 rings (SSSR count). The minimum Gasteiger partial charge on any atom is -0.397 e. The Hall–Kier alpha value is -1.45. The minimum absolute atomic E-state index is 0.0382. The Kier molecular flexibility index (Phi) is 4.22. The van der Waals surface area contributed by atoms with E-state index in [0.717, 1.165) is 31.0 Å². The van der Waals surface area contributed by atoms with E-state index >= 15 is 0 Å². The SMILES string of the molecule is CCC1CCC(CNC(=O)c2cc(N)cn2C2CC2)CC1. The Morgan fingerprint density at radius 1 is 1.24 bits per heavy atom. The first kappa shape index (κ1) is 14.5. The molecule has 1 aromatic heterocycles. The summed E-state index contributed by atoms with van der Waals surface area (Å²) in [5.41, 5.74) is 7.28. The smallest absolute Gasteiger partial charge is 0.268 e. The second-order valence-corrected chi connectivity index (χ2v) is 6.80. The van der Waals surface area contributed by atoms with Crippen molar-refractivity contribution in [3.05, 3.63) is 18.0 Å². The van der Waals surface area contributed by atoms with Crippen LogP contribution in [-0.4, -0.2) is 17.0 Å². The molecular weight excluding hydrogens is 262 g/mol. The number of hydrogen-bond acceptors (Lipinski definition) is 2. The molecule has 2 saturated carbocycles. The van der Waals surface area contributed by atoms with E-state index < -0.39 is 0 Å². The molecule has 1 amide bonds. The third kappa shape index (κ3) is 3.42. The number of nitrogens with one attached hydrogen (secondary N) is 1. The molecule has 2 fully saturated rings. The second-order valence-electron chi connectivity index (χ2n) is 6.80. The van der Waals surface area contributed by atoms with Crippen LogP contribution in [0.4, 0.5) is 5.69 Å². The maximum atomic E-state index is 12.4. The molecule has 0 bridgehead atoms. The molecular formula is C17H27N3O. The van der Waals surface area contributed by atoms with Gasteiger partial charge in [-0.3, -0.25) is 4.79 Å². The lowest BCUT2D eigenvalue weighted by Crippen LogP contribution is -2.32. The number of rotatable bonds is 5. The van der Waals surface area contributed by atoms with Crippen LogP contribution in [0.3, 0.4) is 0 Å². The van der Waals surface area contributed by atoms with Crippen molar-refractivity contribution in [3.8, 4) is 0 Å². The zero-order valence-corrected chi connectivity index (χ0v) is 13.0. The quantitative estimate of drug-likeness (QED) is 0.873. The monoisotopic (exact) mass is 289 g/mol. The van der Waals surface area contributed by atoms with Gasteiger partial charge in [-0.2, -0.15) is 0 Å². The average Bonchev–Trinajstić information content (AvgIpc) is 3.27. The highest BCUT2D eigenvalue weighted by Gasteiger charge is 2.28. The zero-order valence-electron chi connectivity index (χ0n) is 13.0. The molecule has 1 heterocycles. The van der Waals surface area contributed by atoms with Crippen molar-refractivity contribution < 1.29 is 4.79 Å². The molecule has 2 aliphatic carbocycles. The first-order valence-electron chi connectivity index (χ1n) is 8.43. The summed E-state index contributed by atoms with van der Waals surface area (Å²) in [6.45, 7) is 3.09. The third-order valence-electron chi connectivity index (χ3n) is 5.14. The first-order chi connectivity index (χ1) is 10.2. The summed E-state index contributed by atoms with van der Waals surface area (Å²) in [5.74, 6) is 1.60. The van der Waals surface area contributed by atoms with Gasteiger partial charge in [-0.1, -0.05) is 26.2 Å². The lowest BCUT2D eigenvalue weighted by molar-refractivity contribution is 0.0931. The molecule has 1 aromatic rings. The van der Waals surface area contributed by atoms with Gasteiger partial charge in [0.1, 0.15) is 5.69 Å². The number of anilines is 1. The van der Waals surface area contributed by atoms with Gasteiger partial charge in [-0.25, -0.2) is 0 Å². The van der Waals surface area contributed by atoms with Crippen LogP contribution in [0.25, 0.3) is 0 Å². The first-order valence-corrected chi connectivity index (χ1v) is 8.43. The number of nitrogens with two attached hydrogens (primary N) is 1. The topological polar surface area (TPSA) is 60.1 Å². The van der Waals surface area contributed by atoms with E-state index in [1.807, 2.05) is 12.3 Å². The van der Waals surface area contributed by atoms with Gasteiger partial charge in [0, 0.05) is 18.8 Å². The van der Waals surface area contributed by atoms with Gasteiger partial charge in [-0.15, -0.1) is 0 Å². The highest BCUT2D eigenvalue weighted by Crippen LogP contribution is 2.37. The predicted octanol–water partition coefficient (Wildman–Crippen LogP) is 3.35. The van der Waals surface area contributed by atoms with E-state index in [9.17, 15) is 4.79 Å². The lowest BCUT2D eigenvalue weighted by atomic mass is 9.81. The van der Waals surface area contributed by atoms with E-state index in [4.69, 9.17) is 5.73 Å². The van der Waals surface area contributed by atoms with Crippen LogP contribution in [0.1, 0.15) is 68.4 Å². The van der Waals surface area contributed by atoms with Gasteiger partial charge in [0.2, 0.25) is 0 Å². The van der Waals surface area contributed by atoms with Crippen molar-refractivity contribution in [2.75, 3.05) is 12.3 Å². The second kappa shape index (κ2) is 6.12. The van der Waals surface area contributed by atoms with Crippen molar-refractivity contribution in [2.24, 2.45) is 11.8 Å². The van der Waals surface area contributed by atoms with Crippen molar-refractivity contribution in [1.29, 1.82) is 0 Å². The van der Waals surface area contributed by atoms with Crippen molar-refractivity contribution in [1.82, 2.24) is 9.88 Å². The van der Waals surface area contributed by atoms with E-state index in [1.54, 1.807) is 0 Å². The summed E-state index contributed by atoms with van der Waals surface area (Å²) < 4.78 is 2.05. The maximum absolute atomic E-state index is 12.4. The normalized spacial score (nSPS) is 25.8. The summed E-state index contributed by atoms with van der Waals surface area (Å²) >= 11 is 0. The summed E-state index contributed by atoms with van der Waals surface area (Å²) in [4.78, 5) is 12.4. The summed E-state index contributed by atoms with van der Waals surface area (Å²) in [6, 6.07) is 2.30. The summed E-state index contributed by atoms with van der Waals surface area (Å²) in [6.07, 6.45) is 10.7. The largest absolute Gasteiger partial charge is 0.397 e. The lowest BCUT2D eigenvalue weighted by Gasteiger charge is -2.27. The molecule has 3 N–H and O–H groups in total. The van der Waals surface area contributed by atoms with Crippen LogP contribution in [0, 0.1) is 11.8 Å². The van der Waals surface area contributed by atoms with Crippen LogP contribution in [0.5, 0.6) is 0 Å². The number of aromatic nitrogens is 1.